The normalized spacial score (nSPS) is 20.1. The van der Waals surface area contributed by atoms with Crippen molar-refractivity contribution >= 4 is 5.97 Å². The van der Waals surface area contributed by atoms with Crippen molar-refractivity contribution in [3.8, 4) is 5.75 Å². The van der Waals surface area contributed by atoms with E-state index in [1.807, 2.05) is 0 Å². The van der Waals surface area contributed by atoms with E-state index in [1.54, 1.807) is 0 Å². The lowest BCUT2D eigenvalue weighted by molar-refractivity contribution is -0.146. The smallest absolute Gasteiger partial charge is 0.323 e. The summed E-state index contributed by atoms with van der Waals surface area (Å²) in [6.45, 7) is 6.93. The number of nitrogens with zero attached hydrogens (tertiary/aromatic N) is 2. The van der Waals surface area contributed by atoms with Crippen molar-refractivity contribution in [1.82, 2.24) is 9.80 Å². The van der Waals surface area contributed by atoms with Crippen molar-refractivity contribution in [2.45, 2.75) is 51.9 Å². The number of methoxy groups -OCH3 is 1. The molecule has 2 aliphatic heterocycles. The summed E-state index contributed by atoms with van der Waals surface area (Å²) < 4.78 is 16.8. The average Bonchev–Trinajstić information content (AvgIpc) is 3.33. The number of likely N-dealkylation sites (tertiary alicyclic amines) is 1. The van der Waals surface area contributed by atoms with Crippen molar-refractivity contribution < 1.29 is 18.7 Å². The minimum atomic E-state index is -0.128. The molecule has 0 aliphatic carbocycles. The molecule has 0 spiro atoms. The van der Waals surface area contributed by atoms with Crippen molar-refractivity contribution in [2.75, 3.05) is 26.8 Å². The number of carbonyl (C=O) groups is 1. The van der Waals surface area contributed by atoms with Gasteiger partial charge in [-0.2, -0.15) is 0 Å². The molecular weight excluding hydrogens is 368 g/mol. The predicted octanol–water partition coefficient (Wildman–Crippen LogP) is 3.37. The maximum Gasteiger partial charge on any atom is 0.323 e. The first kappa shape index (κ1) is 20.0. The number of carbonyl (C=O) groups excluding carboxylic acids is 1. The molecule has 2 aliphatic rings. The third-order valence-electron chi connectivity index (χ3n) is 5.85. The van der Waals surface area contributed by atoms with E-state index in [0.717, 1.165) is 69.3 Å². The average molecular weight is 399 g/mol. The van der Waals surface area contributed by atoms with Gasteiger partial charge in [-0.15, -0.1) is 0 Å². The topological polar surface area (TPSA) is 55.2 Å². The second-order valence-corrected chi connectivity index (χ2v) is 7.87. The second kappa shape index (κ2) is 9.01. The Bertz CT molecular complexity index is 847. The molecule has 6 heteroatoms. The van der Waals surface area contributed by atoms with Crippen LogP contribution in [-0.2, 0) is 35.6 Å². The number of esters is 1. The summed E-state index contributed by atoms with van der Waals surface area (Å²) in [4.78, 5) is 16.6. The minimum absolute atomic E-state index is 0.127. The maximum atomic E-state index is 12.0. The predicted molar refractivity (Wildman–Crippen MR) is 110 cm³/mol. The minimum Gasteiger partial charge on any atom is -0.492 e. The lowest BCUT2D eigenvalue weighted by atomic mass is 10.1. The molecule has 1 saturated heterocycles. The zero-order valence-corrected chi connectivity index (χ0v) is 17.4. The Hall–Kier alpha value is -2.31. The van der Waals surface area contributed by atoms with Gasteiger partial charge in [0.1, 0.15) is 29.9 Å². The SMILES string of the molecule is CCc1ccc(CN2CCOc3ccc(CN4CCC[C@H]4C(=O)OC)cc3C2)o1. The van der Waals surface area contributed by atoms with Crippen LogP contribution in [-0.4, -0.2) is 48.6 Å². The fourth-order valence-corrected chi connectivity index (χ4v) is 4.31. The van der Waals surface area contributed by atoms with E-state index in [1.165, 1.54) is 18.2 Å². The first-order chi connectivity index (χ1) is 14.2. The molecule has 0 N–H and O–H groups in total. The highest BCUT2D eigenvalue weighted by molar-refractivity contribution is 5.76. The number of hydrogen-bond acceptors (Lipinski definition) is 6. The molecule has 0 amide bonds. The van der Waals surface area contributed by atoms with Gasteiger partial charge in [0.25, 0.3) is 0 Å². The molecule has 1 aromatic heterocycles. The highest BCUT2D eigenvalue weighted by Gasteiger charge is 2.31. The van der Waals surface area contributed by atoms with E-state index < -0.39 is 0 Å². The fourth-order valence-electron chi connectivity index (χ4n) is 4.31. The van der Waals surface area contributed by atoms with Gasteiger partial charge in [-0.25, -0.2) is 0 Å². The highest BCUT2D eigenvalue weighted by atomic mass is 16.5. The van der Waals surface area contributed by atoms with Crippen LogP contribution in [0.4, 0.5) is 0 Å². The molecule has 0 bridgehead atoms. The Morgan fingerprint density at radius 2 is 2.03 bits per heavy atom. The molecular formula is C23H30N2O4. The molecule has 0 saturated carbocycles. The van der Waals surface area contributed by atoms with Crippen molar-refractivity contribution in [3.63, 3.8) is 0 Å². The highest BCUT2D eigenvalue weighted by Crippen LogP contribution is 2.28. The molecule has 0 unspecified atom stereocenters. The zero-order chi connectivity index (χ0) is 20.2. The molecule has 6 nitrogen and oxygen atoms in total. The van der Waals surface area contributed by atoms with Gasteiger partial charge in [0, 0.05) is 31.6 Å². The van der Waals surface area contributed by atoms with Crippen molar-refractivity contribution in [2.24, 2.45) is 0 Å². The summed E-state index contributed by atoms with van der Waals surface area (Å²) >= 11 is 0. The van der Waals surface area contributed by atoms with Gasteiger partial charge in [0.15, 0.2) is 0 Å². The Morgan fingerprint density at radius 1 is 1.17 bits per heavy atom. The molecule has 156 valence electrons. The summed E-state index contributed by atoms with van der Waals surface area (Å²) in [5.41, 5.74) is 2.40. The van der Waals surface area contributed by atoms with E-state index in [0.29, 0.717) is 6.61 Å². The number of aryl methyl sites for hydroxylation is 1. The van der Waals surface area contributed by atoms with E-state index >= 15 is 0 Å². The number of benzene rings is 1. The zero-order valence-electron chi connectivity index (χ0n) is 17.4. The van der Waals surface area contributed by atoms with Crippen LogP contribution in [0.15, 0.2) is 34.7 Å². The van der Waals surface area contributed by atoms with Crippen LogP contribution >= 0.6 is 0 Å². The molecule has 0 radical (unpaired) electrons. The van der Waals surface area contributed by atoms with Crippen LogP contribution in [0.25, 0.3) is 0 Å². The van der Waals surface area contributed by atoms with Gasteiger partial charge in [-0.1, -0.05) is 13.0 Å². The van der Waals surface area contributed by atoms with Crippen LogP contribution in [0.2, 0.25) is 0 Å². The molecule has 3 heterocycles. The third kappa shape index (κ3) is 4.65. The summed E-state index contributed by atoms with van der Waals surface area (Å²) in [6.07, 6.45) is 2.82. The van der Waals surface area contributed by atoms with Crippen molar-refractivity contribution in [3.05, 3.63) is 53.0 Å². The van der Waals surface area contributed by atoms with Gasteiger partial charge in [-0.3, -0.25) is 14.6 Å². The monoisotopic (exact) mass is 398 g/mol. The van der Waals surface area contributed by atoms with Crippen LogP contribution < -0.4 is 4.74 Å². The van der Waals surface area contributed by atoms with Crippen LogP contribution in [0.1, 0.15) is 42.4 Å². The quantitative estimate of drug-likeness (QED) is 0.696. The summed E-state index contributed by atoms with van der Waals surface area (Å²) in [6, 6.07) is 10.4. The van der Waals surface area contributed by atoms with Gasteiger partial charge >= 0.3 is 5.97 Å². The molecule has 29 heavy (non-hydrogen) atoms. The van der Waals surface area contributed by atoms with Crippen molar-refractivity contribution in [1.29, 1.82) is 0 Å². The first-order valence-corrected chi connectivity index (χ1v) is 10.5. The van der Waals surface area contributed by atoms with Crippen LogP contribution in [0.5, 0.6) is 5.75 Å². The fraction of sp³-hybridized carbons (Fsp3) is 0.522. The van der Waals surface area contributed by atoms with E-state index in [9.17, 15) is 4.79 Å². The van der Waals surface area contributed by atoms with Crippen LogP contribution in [0.3, 0.4) is 0 Å². The van der Waals surface area contributed by atoms with Gasteiger partial charge < -0.3 is 13.9 Å². The molecule has 1 aromatic carbocycles. The standard InChI is InChI=1S/C23H30N2O4/c1-3-19-7-8-20(29-19)16-24-11-12-28-22-9-6-17(13-18(22)15-24)14-25-10-4-5-21(25)23(26)27-2/h6-9,13,21H,3-5,10-12,14-16H2,1-2H3/t21-/m0/s1. The number of rotatable bonds is 6. The Kier molecular flexibility index (Phi) is 6.21. The van der Waals surface area contributed by atoms with Gasteiger partial charge in [-0.05, 0) is 49.2 Å². The number of fused-ring (bicyclic) bond motifs is 1. The summed E-state index contributed by atoms with van der Waals surface area (Å²) in [7, 11) is 1.47. The maximum absolute atomic E-state index is 12.0. The Morgan fingerprint density at radius 3 is 2.83 bits per heavy atom. The van der Waals surface area contributed by atoms with E-state index in [-0.39, 0.29) is 12.0 Å². The van der Waals surface area contributed by atoms with Gasteiger partial charge in [0.05, 0.1) is 13.7 Å². The van der Waals surface area contributed by atoms with E-state index in [4.69, 9.17) is 13.9 Å². The third-order valence-corrected chi connectivity index (χ3v) is 5.85. The molecule has 1 fully saturated rings. The van der Waals surface area contributed by atoms with Crippen LogP contribution in [0, 0.1) is 0 Å². The Balaban J connectivity index is 1.45. The molecule has 2 aromatic rings. The summed E-state index contributed by atoms with van der Waals surface area (Å²) in [5.74, 6) is 2.85. The first-order valence-electron chi connectivity index (χ1n) is 10.5. The number of furan rings is 1. The number of ether oxygens (including phenoxy) is 2. The largest absolute Gasteiger partial charge is 0.492 e. The molecule has 1 atom stereocenters. The lowest BCUT2D eigenvalue weighted by Gasteiger charge is -2.23. The second-order valence-electron chi connectivity index (χ2n) is 7.87. The molecule has 4 rings (SSSR count). The Labute approximate surface area is 172 Å². The van der Waals surface area contributed by atoms with Gasteiger partial charge in [0.2, 0.25) is 0 Å². The van der Waals surface area contributed by atoms with E-state index in [2.05, 4.69) is 47.1 Å². The number of hydrogen-bond donors (Lipinski definition) is 0. The lowest BCUT2D eigenvalue weighted by Crippen LogP contribution is -2.36. The summed E-state index contributed by atoms with van der Waals surface area (Å²) in [5, 5.41) is 0.